The van der Waals surface area contributed by atoms with Gasteiger partial charge in [-0.25, -0.2) is 8.42 Å². The molecule has 0 saturated heterocycles. The Hall–Kier alpha value is -0.890. The molecule has 18 heavy (non-hydrogen) atoms. The maximum Gasteiger partial charge on any atom is 0.155 e. The highest BCUT2D eigenvalue weighted by Gasteiger charge is 2.42. The molecule has 5 heteroatoms. The molecule has 1 atom stereocenters. The Balaban J connectivity index is 2.84. The molecule has 4 nitrogen and oxygen atoms in total. The number of ketones is 1. The molecule has 0 aliphatic heterocycles. The van der Waals surface area contributed by atoms with Crippen LogP contribution in [0.3, 0.4) is 0 Å². The predicted octanol–water partition coefficient (Wildman–Crippen LogP) is 2.24. The van der Waals surface area contributed by atoms with Crippen LogP contribution < -0.4 is 0 Å². The third-order valence-corrected chi connectivity index (χ3v) is 6.34. The highest BCUT2D eigenvalue weighted by molar-refractivity contribution is 7.92. The minimum atomic E-state index is -3.27. The van der Waals surface area contributed by atoms with Gasteiger partial charge in [0.2, 0.25) is 0 Å². The summed E-state index contributed by atoms with van der Waals surface area (Å²) in [4.78, 5) is 11.9. The number of carbonyl (C=O) groups excluding carboxylic acids is 1. The molecule has 0 aromatic heterocycles. The largest absolute Gasteiger partial charge is 0.298 e. The fourth-order valence-corrected chi connectivity index (χ4v) is 3.37. The first-order chi connectivity index (χ1) is 8.15. The second kappa shape index (κ2) is 5.00. The van der Waals surface area contributed by atoms with Gasteiger partial charge in [0.05, 0.1) is 16.6 Å². The molecule has 1 saturated carbocycles. The molecule has 1 fully saturated rings. The Labute approximate surface area is 109 Å². The standard InChI is InChI=1S/C13H21NO3S/c1-12(2,3)18(16,17)9-8-13(10-14)7-5-4-6-11(13)15/h4-9H2,1-3H3. The number of nitriles is 1. The Bertz CT molecular complexity index is 467. The van der Waals surface area contributed by atoms with Crippen LogP contribution in [-0.2, 0) is 14.6 Å². The van der Waals surface area contributed by atoms with Crippen LogP contribution in [0.25, 0.3) is 0 Å². The molecule has 0 aromatic rings. The molecule has 102 valence electrons. The van der Waals surface area contributed by atoms with Gasteiger partial charge in [-0.2, -0.15) is 5.26 Å². The van der Waals surface area contributed by atoms with Crippen molar-refractivity contribution in [1.29, 1.82) is 5.26 Å². The summed E-state index contributed by atoms with van der Waals surface area (Å²) >= 11 is 0. The number of hydrogen-bond acceptors (Lipinski definition) is 4. The molecule has 0 radical (unpaired) electrons. The van der Waals surface area contributed by atoms with E-state index < -0.39 is 20.0 Å². The molecular weight excluding hydrogens is 250 g/mol. The van der Waals surface area contributed by atoms with Crippen LogP contribution in [0.2, 0.25) is 0 Å². The fraction of sp³-hybridized carbons (Fsp3) is 0.846. The van der Waals surface area contributed by atoms with Crippen LogP contribution in [0.4, 0.5) is 0 Å². The second-order valence-corrected chi connectivity index (χ2v) is 8.87. The maximum atomic E-state index is 12.0. The van der Waals surface area contributed by atoms with Gasteiger partial charge in [-0.05, 0) is 40.0 Å². The SMILES string of the molecule is CC(C)(C)S(=O)(=O)CCC1(C#N)CCCCC1=O. The number of hydrogen-bond donors (Lipinski definition) is 0. The molecule has 0 N–H and O–H groups in total. The van der Waals surface area contributed by atoms with Crippen molar-refractivity contribution >= 4 is 15.6 Å². The van der Waals surface area contributed by atoms with E-state index in [1.165, 1.54) is 0 Å². The van der Waals surface area contributed by atoms with E-state index in [0.29, 0.717) is 12.8 Å². The summed E-state index contributed by atoms with van der Waals surface area (Å²) in [6, 6.07) is 2.08. The summed E-state index contributed by atoms with van der Waals surface area (Å²) in [7, 11) is -3.27. The minimum Gasteiger partial charge on any atom is -0.298 e. The predicted molar refractivity (Wildman–Crippen MR) is 69.7 cm³/mol. The molecule has 1 unspecified atom stereocenters. The third-order valence-electron chi connectivity index (χ3n) is 3.74. The first-order valence-corrected chi connectivity index (χ1v) is 7.97. The van der Waals surface area contributed by atoms with Crippen molar-refractivity contribution in [3.8, 4) is 6.07 Å². The molecule has 0 heterocycles. The quantitative estimate of drug-likeness (QED) is 0.789. The zero-order chi connectivity index (χ0) is 14.0. The number of nitrogens with zero attached hydrogens (tertiary/aromatic N) is 1. The highest BCUT2D eigenvalue weighted by atomic mass is 32.2. The van der Waals surface area contributed by atoms with Crippen molar-refractivity contribution < 1.29 is 13.2 Å². The van der Waals surface area contributed by atoms with Gasteiger partial charge in [-0.3, -0.25) is 4.79 Å². The first kappa shape index (κ1) is 15.2. The van der Waals surface area contributed by atoms with E-state index in [1.54, 1.807) is 20.8 Å². The average Bonchev–Trinajstić information content (AvgIpc) is 2.27. The van der Waals surface area contributed by atoms with Crippen molar-refractivity contribution in [1.82, 2.24) is 0 Å². The van der Waals surface area contributed by atoms with Crippen LogP contribution in [0.15, 0.2) is 0 Å². The number of Topliss-reactive ketones (excluding diaryl/α,β-unsaturated/α-hetero) is 1. The van der Waals surface area contributed by atoms with E-state index in [4.69, 9.17) is 0 Å². The van der Waals surface area contributed by atoms with Crippen molar-refractivity contribution in [3.63, 3.8) is 0 Å². The van der Waals surface area contributed by atoms with Crippen LogP contribution in [0.5, 0.6) is 0 Å². The van der Waals surface area contributed by atoms with Crippen LogP contribution in [0, 0.1) is 16.7 Å². The van der Waals surface area contributed by atoms with E-state index in [1.807, 2.05) is 0 Å². The van der Waals surface area contributed by atoms with Gasteiger partial charge < -0.3 is 0 Å². The second-order valence-electron chi connectivity index (χ2n) is 6.01. The topological polar surface area (TPSA) is 75.0 Å². The van der Waals surface area contributed by atoms with Gasteiger partial charge in [-0.15, -0.1) is 0 Å². The Morgan fingerprint density at radius 1 is 1.33 bits per heavy atom. The molecule has 0 aromatic carbocycles. The van der Waals surface area contributed by atoms with Gasteiger partial charge in [0, 0.05) is 6.42 Å². The van der Waals surface area contributed by atoms with Crippen LogP contribution >= 0.6 is 0 Å². The van der Waals surface area contributed by atoms with Crippen molar-refractivity contribution in [2.75, 3.05) is 5.75 Å². The van der Waals surface area contributed by atoms with Gasteiger partial charge in [-0.1, -0.05) is 6.42 Å². The molecule has 1 aliphatic rings. The van der Waals surface area contributed by atoms with E-state index in [0.717, 1.165) is 12.8 Å². The molecule has 0 amide bonds. The lowest BCUT2D eigenvalue weighted by molar-refractivity contribution is -0.128. The summed E-state index contributed by atoms with van der Waals surface area (Å²) < 4.78 is 23.2. The lowest BCUT2D eigenvalue weighted by Gasteiger charge is -2.30. The zero-order valence-corrected chi connectivity index (χ0v) is 12.1. The molecule has 0 spiro atoms. The third kappa shape index (κ3) is 2.92. The van der Waals surface area contributed by atoms with Gasteiger partial charge in [0.1, 0.15) is 5.41 Å². The van der Waals surface area contributed by atoms with E-state index in [2.05, 4.69) is 6.07 Å². The lowest BCUT2D eigenvalue weighted by Crippen LogP contribution is -2.38. The summed E-state index contributed by atoms with van der Waals surface area (Å²) in [5.41, 5.74) is -1.06. The summed E-state index contributed by atoms with van der Waals surface area (Å²) in [5, 5.41) is 9.25. The number of sulfone groups is 1. The van der Waals surface area contributed by atoms with E-state index in [9.17, 15) is 18.5 Å². The number of rotatable bonds is 3. The van der Waals surface area contributed by atoms with Gasteiger partial charge >= 0.3 is 0 Å². The van der Waals surface area contributed by atoms with Crippen molar-refractivity contribution in [3.05, 3.63) is 0 Å². The van der Waals surface area contributed by atoms with E-state index in [-0.39, 0.29) is 18.0 Å². The van der Waals surface area contributed by atoms with Gasteiger partial charge in [0.15, 0.2) is 15.6 Å². The summed E-state index contributed by atoms with van der Waals surface area (Å²) in [6.45, 7) is 4.93. The van der Waals surface area contributed by atoms with E-state index >= 15 is 0 Å². The smallest absolute Gasteiger partial charge is 0.155 e. The van der Waals surface area contributed by atoms with Crippen LogP contribution in [0.1, 0.15) is 52.9 Å². The fourth-order valence-electron chi connectivity index (χ4n) is 2.14. The Kier molecular flexibility index (Phi) is 4.22. The molecule has 1 aliphatic carbocycles. The van der Waals surface area contributed by atoms with Crippen molar-refractivity contribution in [2.45, 2.75) is 57.6 Å². The Morgan fingerprint density at radius 2 is 1.94 bits per heavy atom. The lowest BCUT2D eigenvalue weighted by atomic mass is 9.72. The summed E-state index contributed by atoms with van der Waals surface area (Å²) in [5.74, 6) is -0.171. The highest BCUT2D eigenvalue weighted by Crippen LogP contribution is 2.37. The van der Waals surface area contributed by atoms with Gasteiger partial charge in [0.25, 0.3) is 0 Å². The van der Waals surface area contributed by atoms with Crippen LogP contribution in [-0.4, -0.2) is 24.7 Å². The normalized spacial score (nSPS) is 25.8. The number of carbonyl (C=O) groups is 1. The molecule has 1 rings (SSSR count). The van der Waals surface area contributed by atoms with Crippen molar-refractivity contribution in [2.24, 2.45) is 5.41 Å². The Morgan fingerprint density at radius 3 is 2.39 bits per heavy atom. The molecular formula is C13H21NO3S. The monoisotopic (exact) mass is 271 g/mol. The maximum absolute atomic E-state index is 12.0. The average molecular weight is 271 g/mol. The molecule has 0 bridgehead atoms. The summed E-state index contributed by atoms with van der Waals surface area (Å²) in [6.07, 6.45) is 2.69. The minimum absolute atomic E-state index is 0.0830. The zero-order valence-electron chi connectivity index (χ0n) is 11.3. The first-order valence-electron chi connectivity index (χ1n) is 6.31.